The SMILES string of the molecule is CCOC(=O)CSc1[nH]c(NC(=O)CNc2cccc(C)c2C)c(C(N)=O)c1C(N)=O. The van der Waals surface area contributed by atoms with E-state index in [1.807, 2.05) is 32.0 Å². The summed E-state index contributed by atoms with van der Waals surface area (Å²) in [5.74, 6) is -3.07. The number of aromatic amines is 1. The highest BCUT2D eigenvalue weighted by Gasteiger charge is 2.27. The first kappa shape index (κ1) is 23.8. The summed E-state index contributed by atoms with van der Waals surface area (Å²) in [6.45, 7) is 5.65. The average molecular weight is 448 g/mol. The van der Waals surface area contributed by atoms with Gasteiger partial charge in [0.2, 0.25) is 5.91 Å². The summed E-state index contributed by atoms with van der Waals surface area (Å²) in [6.07, 6.45) is 0. The molecule has 7 N–H and O–H groups in total. The maximum Gasteiger partial charge on any atom is 0.316 e. The number of carbonyl (C=O) groups is 4. The minimum absolute atomic E-state index is 0.0691. The van der Waals surface area contributed by atoms with Gasteiger partial charge >= 0.3 is 5.97 Å². The van der Waals surface area contributed by atoms with Gasteiger partial charge in [0.1, 0.15) is 5.82 Å². The van der Waals surface area contributed by atoms with Crippen molar-refractivity contribution in [3.8, 4) is 0 Å². The lowest BCUT2D eigenvalue weighted by Gasteiger charge is -2.11. The summed E-state index contributed by atoms with van der Waals surface area (Å²) in [5, 5.41) is 5.68. The Morgan fingerprint density at radius 2 is 1.77 bits per heavy atom. The normalized spacial score (nSPS) is 10.4. The Kier molecular flexibility index (Phi) is 8.08. The molecule has 1 aromatic carbocycles. The molecule has 3 amide bonds. The van der Waals surface area contributed by atoms with Crippen LogP contribution in [0.2, 0.25) is 0 Å². The van der Waals surface area contributed by atoms with E-state index in [4.69, 9.17) is 16.2 Å². The number of aromatic nitrogens is 1. The number of carbonyl (C=O) groups excluding carboxylic acids is 4. The van der Waals surface area contributed by atoms with Crippen LogP contribution in [-0.2, 0) is 14.3 Å². The van der Waals surface area contributed by atoms with Crippen LogP contribution in [0.25, 0.3) is 0 Å². The molecule has 10 nitrogen and oxygen atoms in total. The van der Waals surface area contributed by atoms with E-state index < -0.39 is 23.7 Å². The molecule has 0 unspecified atom stereocenters. The lowest BCUT2D eigenvalue weighted by molar-refractivity contribution is -0.139. The predicted octanol–water partition coefficient (Wildman–Crippen LogP) is 1.54. The molecule has 2 rings (SSSR count). The van der Waals surface area contributed by atoms with Crippen molar-refractivity contribution in [2.75, 3.05) is 29.5 Å². The number of hydrogen-bond acceptors (Lipinski definition) is 7. The number of nitrogens with two attached hydrogens (primary N) is 2. The van der Waals surface area contributed by atoms with E-state index in [0.29, 0.717) is 0 Å². The van der Waals surface area contributed by atoms with Crippen molar-refractivity contribution >= 4 is 47.0 Å². The zero-order valence-electron chi connectivity index (χ0n) is 17.5. The van der Waals surface area contributed by atoms with E-state index in [0.717, 1.165) is 28.6 Å². The Hall–Kier alpha value is -3.47. The molecule has 0 spiro atoms. The van der Waals surface area contributed by atoms with Gasteiger partial charge in [-0.3, -0.25) is 19.2 Å². The van der Waals surface area contributed by atoms with Crippen LogP contribution in [0.4, 0.5) is 11.5 Å². The third-order valence-electron chi connectivity index (χ3n) is 4.41. The topological polar surface area (TPSA) is 169 Å². The maximum absolute atomic E-state index is 12.5. The Balaban J connectivity index is 2.22. The third-order valence-corrected chi connectivity index (χ3v) is 5.38. The van der Waals surface area contributed by atoms with Crippen molar-refractivity contribution in [2.45, 2.75) is 25.8 Å². The van der Waals surface area contributed by atoms with Gasteiger partial charge in [-0.05, 0) is 38.0 Å². The zero-order valence-corrected chi connectivity index (χ0v) is 18.3. The lowest BCUT2D eigenvalue weighted by atomic mass is 10.1. The largest absolute Gasteiger partial charge is 0.465 e. The zero-order chi connectivity index (χ0) is 23.1. The average Bonchev–Trinajstić information content (AvgIpc) is 3.06. The van der Waals surface area contributed by atoms with Crippen molar-refractivity contribution in [2.24, 2.45) is 11.5 Å². The first-order chi connectivity index (χ1) is 14.6. The predicted molar refractivity (Wildman–Crippen MR) is 118 cm³/mol. The second-order valence-electron chi connectivity index (χ2n) is 6.55. The fourth-order valence-corrected chi connectivity index (χ4v) is 3.66. The molecular weight excluding hydrogens is 422 g/mol. The van der Waals surface area contributed by atoms with Crippen molar-refractivity contribution < 1.29 is 23.9 Å². The number of ether oxygens (including phenoxy) is 1. The second kappa shape index (κ2) is 10.5. The highest BCUT2D eigenvalue weighted by atomic mass is 32.2. The van der Waals surface area contributed by atoms with E-state index in [9.17, 15) is 19.2 Å². The molecule has 0 aliphatic rings. The second-order valence-corrected chi connectivity index (χ2v) is 7.54. The number of primary amides is 2. The highest BCUT2D eigenvalue weighted by molar-refractivity contribution is 8.00. The van der Waals surface area contributed by atoms with E-state index in [-0.39, 0.29) is 40.9 Å². The van der Waals surface area contributed by atoms with Gasteiger partial charge < -0.3 is 31.8 Å². The van der Waals surface area contributed by atoms with Gasteiger partial charge in [-0.2, -0.15) is 0 Å². The van der Waals surface area contributed by atoms with Gasteiger partial charge in [0, 0.05) is 5.69 Å². The molecule has 0 aliphatic carbocycles. The number of hydrogen-bond donors (Lipinski definition) is 5. The van der Waals surface area contributed by atoms with E-state index >= 15 is 0 Å². The Morgan fingerprint density at radius 3 is 2.39 bits per heavy atom. The lowest BCUT2D eigenvalue weighted by Crippen LogP contribution is -2.25. The fraction of sp³-hybridized carbons (Fsp3) is 0.300. The standard InChI is InChI=1S/C20H25N5O5S/c1-4-30-14(27)9-31-20-16(18(22)29)15(17(21)28)19(25-20)24-13(26)8-23-12-7-5-6-10(2)11(12)3/h5-7,23,25H,4,8-9H2,1-3H3,(H2,21,28)(H2,22,29)(H,24,26). The molecule has 0 radical (unpaired) electrons. The van der Waals surface area contributed by atoms with E-state index in [1.54, 1.807) is 6.92 Å². The van der Waals surface area contributed by atoms with Crippen LogP contribution in [0.3, 0.4) is 0 Å². The van der Waals surface area contributed by atoms with Gasteiger partial charge in [-0.15, -0.1) is 0 Å². The third kappa shape index (κ3) is 6.01. The molecule has 0 aliphatic heterocycles. The molecule has 1 aromatic heterocycles. The van der Waals surface area contributed by atoms with Crippen LogP contribution in [0.1, 0.15) is 38.8 Å². The molecule has 1 heterocycles. The molecule has 0 fully saturated rings. The molecule has 166 valence electrons. The number of benzene rings is 1. The summed E-state index contributed by atoms with van der Waals surface area (Å²) in [7, 11) is 0. The summed E-state index contributed by atoms with van der Waals surface area (Å²) in [5.41, 5.74) is 13.2. The molecule has 31 heavy (non-hydrogen) atoms. The van der Waals surface area contributed by atoms with E-state index in [1.165, 1.54) is 0 Å². The smallest absolute Gasteiger partial charge is 0.316 e. The summed E-state index contributed by atoms with van der Waals surface area (Å²) < 4.78 is 4.85. The van der Waals surface area contributed by atoms with Crippen molar-refractivity contribution in [3.63, 3.8) is 0 Å². The van der Waals surface area contributed by atoms with Gasteiger partial charge in [0.15, 0.2) is 0 Å². The number of nitrogens with one attached hydrogen (secondary N) is 3. The fourth-order valence-electron chi connectivity index (χ4n) is 2.80. The number of aryl methyl sites for hydroxylation is 1. The van der Waals surface area contributed by atoms with Crippen LogP contribution in [0.15, 0.2) is 23.2 Å². The van der Waals surface area contributed by atoms with Crippen LogP contribution in [-0.4, -0.2) is 47.6 Å². The highest BCUT2D eigenvalue weighted by Crippen LogP contribution is 2.30. The monoisotopic (exact) mass is 447 g/mol. The molecule has 0 saturated carbocycles. The first-order valence-corrected chi connectivity index (χ1v) is 10.4. The molecule has 11 heteroatoms. The molecule has 2 aromatic rings. The first-order valence-electron chi connectivity index (χ1n) is 9.39. The van der Waals surface area contributed by atoms with E-state index in [2.05, 4.69) is 15.6 Å². The Labute approximate surface area is 183 Å². The van der Waals surface area contributed by atoms with Crippen molar-refractivity contribution in [1.29, 1.82) is 0 Å². The van der Waals surface area contributed by atoms with Gasteiger partial charge in [0.05, 0.1) is 35.1 Å². The molecule has 0 saturated heterocycles. The maximum atomic E-state index is 12.5. The Bertz CT molecular complexity index is 1020. The number of anilines is 2. The number of H-pyrrole nitrogens is 1. The van der Waals surface area contributed by atoms with Crippen LogP contribution in [0.5, 0.6) is 0 Å². The molecule has 0 atom stereocenters. The summed E-state index contributed by atoms with van der Waals surface area (Å²) >= 11 is 0.911. The molecular formula is C20H25N5O5S. The summed E-state index contributed by atoms with van der Waals surface area (Å²) in [4.78, 5) is 50.7. The van der Waals surface area contributed by atoms with Crippen LogP contribution in [0, 0.1) is 13.8 Å². The van der Waals surface area contributed by atoms with Crippen molar-refractivity contribution in [3.05, 3.63) is 40.5 Å². The van der Waals surface area contributed by atoms with Gasteiger partial charge in [-0.25, -0.2) is 0 Å². The summed E-state index contributed by atoms with van der Waals surface area (Å²) in [6, 6.07) is 5.67. The quantitative estimate of drug-likeness (QED) is 0.272. The van der Waals surface area contributed by atoms with Gasteiger partial charge in [-0.1, -0.05) is 23.9 Å². The molecule has 0 bridgehead atoms. The number of rotatable bonds is 10. The minimum Gasteiger partial charge on any atom is -0.465 e. The number of esters is 1. The number of amides is 3. The van der Waals surface area contributed by atoms with Crippen molar-refractivity contribution in [1.82, 2.24) is 4.98 Å². The van der Waals surface area contributed by atoms with Gasteiger partial charge in [0.25, 0.3) is 11.8 Å². The van der Waals surface area contributed by atoms with Crippen LogP contribution >= 0.6 is 11.8 Å². The number of thioether (sulfide) groups is 1. The Morgan fingerprint density at radius 1 is 1.10 bits per heavy atom. The van der Waals surface area contributed by atoms with Crippen LogP contribution < -0.4 is 22.1 Å². The minimum atomic E-state index is -0.953.